The van der Waals surface area contributed by atoms with Gasteiger partial charge in [0.2, 0.25) is 0 Å². The van der Waals surface area contributed by atoms with Crippen LogP contribution in [0.4, 0.5) is 4.79 Å². The molecular formula is C19H19ClN4O. The Kier molecular flexibility index (Phi) is 5.36. The lowest BCUT2D eigenvalue weighted by atomic mass is 10.1. The molecule has 0 fully saturated rings. The molecule has 0 aliphatic rings. The van der Waals surface area contributed by atoms with Crippen LogP contribution in [0.2, 0.25) is 5.02 Å². The van der Waals surface area contributed by atoms with E-state index in [2.05, 4.69) is 15.7 Å². The van der Waals surface area contributed by atoms with E-state index >= 15 is 0 Å². The third kappa shape index (κ3) is 4.61. The number of benzene rings is 2. The first kappa shape index (κ1) is 17.0. The molecule has 0 radical (unpaired) electrons. The van der Waals surface area contributed by atoms with Crippen molar-refractivity contribution in [3.8, 4) is 5.69 Å². The van der Waals surface area contributed by atoms with Crippen LogP contribution in [0, 0.1) is 0 Å². The van der Waals surface area contributed by atoms with Gasteiger partial charge in [-0.05, 0) is 36.8 Å². The zero-order valence-electron chi connectivity index (χ0n) is 13.8. The molecule has 128 valence electrons. The molecule has 3 aromatic rings. The zero-order valence-corrected chi connectivity index (χ0v) is 14.6. The highest BCUT2D eigenvalue weighted by Crippen LogP contribution is 2.13. The molecule has 0 aliphatic heterocycles. The van der Waals surface area contributed by atoms with Crippen LogP contribution in [0.15, 0.2) is 67.0 Å². The van der Waals surface area contributed by atoms with Crippen molar-refractivity contribution in [1.82, 2.24) is 20.4 Å². The number of rotatable bonds is 5. The van der Waals surface area contributed by atoms with Crippen LogP contribution in [-0.4, -0.2) is 15.8 Å². The number of carbonyl (C=O) groups is 1. The summed E-state index contributed by atoms with van der Waals surface area (Å²) >= 11 is 5.89. The van der Waals surface area contributed by atoms with E-state index in [1.54, 1.807) is 10.9 Å². The van der Waals surface area contributed by atoms with Gasteiger partial charge in [0.15, 0.2) is 0 Å². The van der Waals surface area contributed by atoms with Gasteiger partial charge in [0.25, 0.3) is 0 Å². The molecule has 3 rings (SSSR count). The van der Waals surface area contributed by atoms with E-state index in [1.807, 2.05) is 67.7 Å². The van der Waals surface area contributed by atoms with Gasteiger partial charge in [0, 0.05) is 23.3 Å². The zero-order chi connectivity index (χ0) is 17.6. The topological polar surface area (TPSA) is 59.0 Å². The molecule has 0 saturated heterocycles. The van der Waals surface area contributed by atoms with Gasteiger partial charge in [-0.3, -0.25) is 0 Å². The van der Waals surface area contributed by atoms with Gasteiger partial charge in [-0.2, -0.15) is 5.10 Å². The average Bonchev–Trinajstić information content (AvgIpc) is 3.10. The summed E-state index contributed by atoms with van der Waals surface area (Å²) in [4.78, 5) is 12.1. The maximum Gasteiger partial charge on any atom is 0.315 e. The van der Waals surface area contributed by atoms with Crippen LogP contribution in [0.3, 0.4) is 0 Å². The van der Waals surface area contributed by atoms with E-state index in [4.69, 9.17) is 11.6 Å². The highest BCUT2D eigenvalue weighted by atomic mass is 35.5. The van der Waals surface area contributed by atoms with Crippen LogP contribution >= 0.6 is 11.6 Å². The predicted molar refractivity (Wildman–Crippen MR) is 98.8 cm³/mol. The van der Waals surface area contributed by atoms with E-state index < -0.39 is 0 Å². The second-order valence-electron chi connectivity index (χ2n) is 5.73. The van der Waals surface area contributed by atoms with E-state index in [-0.39, 0.29) is 12.1 Å². The summed E-state index contributed by atoms with van der Waals surface area (Å²) in [5, 5.41) is 10.8. The van der Waals surface area contributed by atoms with Crippen molar-refractivity contribution in [3.63, 3.8) is 0 Å². The molecule has 6 heteroatoms. The third-order valence-electron chi connectivity index (χ3n) is 3.83. The fourth-order valence-corrected chi connectivity index (χ4v) is 2.57. The average molecular weight is 355 g/mol. The van der Waals surface area contributed by atoms with Gasteiger partial charge in [-0.1, -0.05) is 41.9 Å². The standard InChI is InChI=1S/C19H19ClN4O/c1-14(16-5-3-2-4-6-16)23-19(25)21-11-15-12-22-24(13-15)18-9-7-17(20)8-10-18/h2-10,12-14H,11H2,1H3,(H2,21,23,25). The number of urea groups is 1. The lowest BCUT2D eigenvalue weighted by Gasteiger charge is -2.14. The van der Waals surface area contributed by atoms with Crippen molar-refractivity contribution in [3.05, 3.63) is 83.1 Å². The first-order valence-electron chi connectivity index (χ1n) is 8.00. The molecule has 2 aromatic carbocycles. The van der Waals surface area contributed by atoms with E-state index in [9.17, 15) is 4.79 Å². The summed E-state index contributed by atoms with van der Waals surface area (Å²) in [6.07, 6.45) is 3.61. The summed E-state index contributed by atoms with van der Waals surface area (Å²) in [6.45, 7) is 2.36. The smallest absolute Gasteiger partial charge is 0.315 e. The first-order valence-corrected chi connectivity index (χ1v) is 8.38. The Morgan fingerprint density at radius 3 is 2.60 bits per heavy atom. The Labute approximate surface area is 151 Å². The summed E-state index contributed by atoms with van der Waals surface area (Å²) in [5.41, 5.74) is 2.89. The number of hydrogen-bond donors (Lipinski definition) is 2. The van der Waals surface area contributed by atoms with Gasteiger partial charge in [0.1, 0.15) is 0 Å². The van der Waals surface area contributed by atoms with Gasteiger partial charge < -0.3 is 10.6 Å². The maximum absolute atomic E-state index is 12.1. The van der Waals surface area contributed by atoms with Crippen molar-refractivity contribution < 1.29 is 4.79 Å². The number of halogens is 1. The lowest BCUT2D eigenvalue weighted by Crippen LogP contribution is -2.36. The fraction of sp³-hybridized carbons (Fsp3) is 0.158. The Morgan fingerprint density at radius 1 is 1.16 bits per heavy atom. The Morgan fingerprint density at radius 2 is 1.88 bits per heavy atom. The van der Waals surface area contributed by atoms with Crippen molar-refractivity contribution in [1.29, 1.82) is 0 Å². The Bertz CT molecular complexity index is 830. The highest BCUT2D eigenvalue weighted by molar-refractivity contribution is 6.30. The first-order chi connectivity index (χ1) is 12.1. The molecule has 25 heavy (non-hydrogen) atoms. The van der Waals surface area contributed by atoms with Crippen LogP contribution in [0.25, 0.3) is 5.69 Å². The van der Waals surface area contributed by atoms with Crippen LogP contribution in [-0.2, 0) is 6.54 Å². The molecule has 0 bridgehead atoms. The lowest BCUT2D eigenvalue weighted by molar-refractivity contribution is 0.237. The fourth-order valence-electron chi connectivity index (χ4n) is 2.44. The van der Waals surface area contributed by atoms with E-state index in [0.717, 1.165) is 16.8 Å². The van der Waals surface area contributed by atoms with Crippen LogP contribution in [0.1, 0.15) is 24.1 Å². The summed E-state index contributed by atoms with van der Waals surface area (Å²) in [7, 11) is 0. The maximum atomic E-state index is 12.1. The largest absolute Gasteiger partial charge is 0.334 e. The normalized spacial score (nSPS) is 11.8. The number of hydrogen-bond acceptors (Lipinski definition) is 2. The number of amides is 2. The van der Waals surface area contributed by atoms with E-state index in [1.165, 1.54) is 0 Å². The van der Waals surface area contributed by atoms with E-state index in [0.29, 0.717) is 11.6 Å². The quantitative estimate of drug-likeness (QED) is 0.725. The van der Waals surface area contributed by atoms with Crippen molar-refractivity contribution >= 4 is 17.6 Å². The molecule has 1 heterocycles. The minimum Gasteiger partial charge on any atom is -0.334 e. The molecule has 1 aromatic heterocycles. The van der Waals surface area contributed by atoms with Crippen LogP contribution < -0.4 is 10.6 Å². The van der Waals surface area contributed by atoms with Crippen LogP contribution in [0.5, 0.6) is 0 Å². The number of aromatic nitrogens is 2. The number of nitrogens with one attached hydrogen (secondary N) is 2. The molecule has 2 amide bonds. The highest BCUT2D eigenvalue weighted by Gasteiger charge is 2.09. The predicted octanol–water partition coefficient (Wildman–Crippen LogP) is 4.09. The van der Waals surface area contributed by atoms with Gasteiger partial charge in [-0.15, -0.1) is 0 Å². The molecule has 1 atom stereocenters. The molecule has 0 saturated carbocycles. The second-order valence-corrected chi connectivity index (χ2v) is 6.17. The van der Waals surface area contributed by atoms with Crippen molar-refractivity contribution in [2.75, 3.05) is 0 Å². The minimum absolute atomic E-state index is 0.0574. The molecule has 2 N–H and O–H groups in total. The molecule has 1 unspecified atom stereocenters. The summed E-state index contributed by atoms with van der Waals surface area (Å²) < 4.78 is 1.75. The summed E-state index contributed by atoms with van der Waals surface area (Å²) in [5.74, 6) is 0. The minimum atomic E-state index is -0.212. The second kappa shape index (κ2) is 7.85. The Balaban J connectivity index is 1.53. The molecular weight excluding hydrogens is 336 g/mol. The van der Waals surface area contributed by atoms with Crippen molar-refractivity contribution in [2.24, 2.45) is 0 Å². The van der Waals surface area contributed by atoms with Crippen molar-refractivity contribution in [2.45, 2.75) is 19.5 Å². The van der Waals surface area contributed by atoms with Gasteiger partial charge in [-0.25, -0.2) is 9.48 Å². The number of carbonyl (C=O) groups excluding carboxylic acids is 1. The van der Waals surface area contributed by atoms with Gasteiger partial charge in [0.05, 0.1) is 17.9 Å². The number of nitrogens with zero attached hydrogens (tertiary/aromatic N) is 2. The molecule has 0 spiro atoms. The molecule has 5 nitrogen and oxygen atoms in total. The molecule has 0 aliphatic carbocycles. The third-order valence-corrected chi connectivity index (χ3v) is 4.08. The Hall–Kier alpha value is -2.79. The monoisotopic (exact) mass is 354 g/mol. The van der Waals surface area contributed by atoms with Gasteiger partial charge >= 0.3 is 6.03 Å². The summed E-state index contributed by atoms with van der Waals surface area (Å²) in [6, 6.07) is 17.0. The SMILES string of the molecule is CC(NC(=O)NCc1cnn(-c2ccc(Cl)cc2)c1)c1ccccc1.